The molecule has 0 radical (unpaired) electrons. The summed E-state index contributed by atoms with van der Waals surface area (Å²) >= 11 is 0. The molecular formula is C37H56N2O10. The Kier molecular flexibility index (Phi) is 20.2. The lowest BCUT2D eigenvalue weighted by Crippen LogP contribution is -2.33. The van der Waals surface area contributed by atoms with Crippen LogP contribution in [0.25, 0.3) is 11.1 Å². The predicted octanol–water partition coefficient (Wildman–Crippen LogP) is 3.80. The van der Waals surface area contributed by atoms with Crippen LogP contribution in [0.15, 0.2) is 48.5 Å². The van der Waals surface area contributed by atoms with E-state index in [4.69, 9.17) is 42.6 Å². The summed E-state index contributed by atoms with van der Waals surface area (Å²) in [5.74, 6) is 0.0549. The summed E-state index contributed by atoms with van der Waals surface area (Å²) in [6.45, 7) is 10.8. The summed E-state index contributed by atoms with van der Waals surface area (Å²) in [5.41, 5.74) is 4.82. The summed E-state index contributed by atoms with van der Waals surface area (Å²) in [7, 11) is 0. The quantitative estimate of drug-likeness (QED) is 0.127. The lowest BCUT2D eigenvalue weighted by atomic mass is 9.98. The zero-order valence-electron chi connectivity index (χ0n) is 28.9. The Labute approximate surface area is 291 Å². The van der Waals surface area contributed by atoms with Gasteiger partial charge in [0.05, 0.1) is 98.6 Å². The van der Waals surface area contributed by atoms with Gasteiger partial charge in [-0.05, 0) is 54.6 Å². The monoisotopic (exact) mass is 688 g/mol. The number of ether oxygens (including phenoxy) is 9. The van der Waals surface area contributed by atoms with E-state index < -0.39 is 6.09 Å². The maximum absolute atomic E-state index is 12.3. The molecule has 0 atom stereocenters. The van der Waals surface area contributed by atoms with Crippen LogP contribution in [0.5, 0.6) is 0 Å². The Hall–Kier alpha value is -2.65. The summed E-state index contributed by atoms with van der Waals surface area (Å²) in [6, 6.07) is 16.6. The highest BCUT2D eigenvalue weighted by atomic mass is 16.6. The van der Waals surface area contributed by atoms with Crippen molar-refractivity contribution in [2.24, 2.45) is 0 Å². The molecule has 1 aliphatic carbocycles. The molecule has 0 bridgehead atoms. The van der Waals surface area contributed by atoms with E-state index in [0.29, 0.717) is 125 Å². The molecule has 4 rings (SSSR count). The van der Waals surface area contributed by atoms with Gasteiger partial charge >= 0.3 is 6.09 Å². The number of carbonyl (C=O) groups excluding carboxylic acids is 1. The van der Waals surface area contributed by atoms with Crippen molar-refractivity contribution in [2.75, 3.05) is 125 Å². The lowest BCUT2D eigenvalue weighted by Gasteiger charge is -2.22. The highest BCUT2D eigenvalue weighted by molar-refractivity contribution is 5.79. The van der Waals surface area contributed by atoms with Crippen molar-refractivity contribution in [1.82, 2.24) is 10.6 Å². The number of fused-ring (bicyclic) bond motifs is 3. The number of piperidine rings is 1. The fourth-order valence-corrected chi connectivity index (χ4v) is 5.67. The van der Waals surface area contributed by atoms with Crippen LogP contribution in [-0.4, -0.2) is 138 Å². The molecule has 2 aromatic carbocycles. The minimum absolute atomic E-state index is 0.0549. The van der Waals surface area contributed by atoms with Gasteiger partial charge in [0.25, 0.3) is 0 Å². The maximum atomic E-state index is 12.3. The number of benzene rings is 2. The van der Waals surface area contributed by atoms with Gasteiger partial charge in [0.2, 0.25) is 0 Å². The zero-order valence-corrected chi connectivity index (χ0v) is 28.9. The summed E-state index contributed by atoms with van der Waals surface area (Å²) in [6.07, 6.45) is 2.80. The number of alkyl carbamates (subject to hydrolysis) is 1. The molecule has 12 nitrogen and oxygen atoms in total. The Morgan fingerprint density at radius 3 is 1.51 bits per heavy atom. The first kappa shape index (κ1) is 39.1. The molecule has 12 heteroatoms. The van der Waals surface area contributed by atoms with Crippen molar-refractivity contribution in [3.05, 3.63) is 59.7 Å². The SMILES string of the molecule is O=C(NCCCOCCOCCOCCOCCOCCOCCOCCOC1CCNCC1)OCC1c2ccccc2-c2ccccc21. The fraction of sp³-hybridized carbons (Fsp3) is 0.649. The van der Waals surface area contributed by atoms with Gasteiger partial charge in [-0.1, -0.05) is 48.5 Å². The van der Waals surface area contributed by atoms with Gasteiger partial charge in [-0.2, -0.15) is 0 Å². The van der Waals surface area contributed by atoms with Gasteiger partial charge in [-0.15, -0.1) is 0 Å². The average Bonchev–Trinajstić information content (AvgIpc) is 3.46. The van der Waals surface area contributed by atoms with Crippen molar-refractivity contribution < 1.29 is 47.4 Å². The molecule has 1 heterocycles. The van der Waals surface area contributed by atoms with Crippen LogP contribution < -0.4 is 10.6 Å². The van der Waals surface area contributed by atoms with Gasteiger partial charge in [0.1, 0.15) is 6.61 Å². The van der Waals surface area contributed by atoms with Crippen molar-refractivity contribution in [3.63, 3.8) is 0 Å². The van der Waals surface area contributed by atoms with Gasteiger partial charge in [-0.25, -0.2) is 4.79 Å². The average molecular weight is 689 g/mol. The lowest BCUT2D eigenvalue weighted by molar-refractivity contribution is -0.0313. The third-order valence-corrected chi connectivity index (χ3v) is 8.18. The molecule has 2 N–H and O–H groups in total. The van der Waals surface area contributed by atoms with Gasteiger partial charge in [0, 0.05) is 19.1 Å². The molecule has 49 heavy (non-hydrogen) atoms. The van der Waals surface area contributed by atoms with Crippen LogP contribution in [0.4, 0.5) is 4.79 Å². The van der Waals surface area contributed by atoms with Crippen LogP contribution >= 0.6 is 0 Å². The number of hydrogen-bond acceptors (Lipinski definition) is 11. The van der Waals surface area contributed by atoms with E-state index in [1.54, 1.807) is 0 Å². The van der Waals surface area contributed by atoms with Crippen LogP contribution in [-0.2, 0) is 42.6 Å². The normalized spacial score (nSPS) is 14.5. The van der Waals surface area contributed by atoms with Crippen LogP contribution in [0, 0.1) is 0 Å². The van der Waals surface area contributed by atoms with E-state index in [-0.39, 0.29) is 5.92 Å². The van der Waals surface area contributed by atoms with E-state index in [1.165, 1.54) is 22.3 Å². The first-order chi connectivity index (χ1) is 24.3. The molecule has 0 unspecified atom stereocenters. The Balaban J connectivity index is 0.819. The highest BCUT2D eigenvalue weighted by Gasteiger charge is 2.28. The minimum Gasteiger partial charge on any atom is -0.449 e. The molecule has 1 saturated heterocycles. The van der Waals surface area contributed by atoms with E-state index in [0.717, 1.165) is 25.9 Å². The summed E-state index contributed by atoms with van der Waals surface area (Å²) in [4.78, 5) is 12.3. The zero-order chi connectivity index (χ0) is 34.0. The summed E-state index contributed by atoms with van der Waals surface area (Å²) in [5, 5.41) is 6.14. The van der Waals surface area contributed by atoms with Crippen molar-refractivity contribution in [1.29, 1.82) is 0 Å². The first-order valence-corrected chi connectivity index (χ1v) is 17.8. The smallest absolute Gasteiger partial charge is 0.407 e. The standard InChI is InChI=1S/C37H56N2O10/c40-37(49-30-36-34-8-3-1-6-32(34)33-7-2-4-9-35(33)36)39-12-5-15-41-16-17-42-18-19-43-20-21-44-22-23-45-24-25-46-26-27-47-28-29-48-31-10-13-38-14-11-31/h1-4,6-9,31,36,38H,5,10-30H2,(H,39,40). The Morgan fingerprint density at radius 1 is 0.592 bits per heavy atom. The molecule has 0 saturated carbocycles. The number of carbonyl (C=O) groups is 1. The van der Waals surface area contributed by atoms with E-state index in [1.807, 2.05) is 24.3 Å². The molecule has 1 fully saturated rings. The number of nitrogens with one attached hydrogen (secondary N) is 2. The highest BCUT2D eigenvalue weighted by Crippen LogP contribution is 2.44. The number of amides is 1. The molecule has 2 aliphatic rings. The van der Waals surface area contributed by atoms with E-state index >= 15 is 0 Å². The van der Waals surface area contributed by atoms with Crippen molar-refractivity contribution >= 4 is 6.09 Å². The molecule has 1 amide bonds. The number of rotatable bonds is 28. The molecule has 0 spiro atoms. The third kappa shape index (κ3) is 15.8. The minimum atomic E-state index is -0.410. The van der Waals surface area contributed by atoms with Gasteiger partial charge in [-0.3, -0.25) is 0 Å². The maximum Gasteiger partial charge on any atom is 0.407 e. The summed E-state index contributed by atoms with van der Waals surface area (Å²) < 4.78 is 50.0. The van der Waals surface area contributed by atoms with Crippen molar-refractivity contribution in [2.45, 2.75) is 31.3 Å². The van der Waals surface area contributed by atoms with Crippen LogP contribution in [0.2, 0.25) is 0 Å². The second-order valence-electron chi connectivity index (χ2n) is 11.7. The second kappa shape index (κ2) is 25.3. The Morgan fingerprint density at radius 2 is 1.02 bits per heavy atom. The molecular weight excluding hydrogens is 632 g/mol. The molecule has 0 aromatic heterocycles. The van der Waals surface area contributed by atoms with E-state index in [2.05, 4.69) is 34.9 Å². The van der Waals surface area contributed by atoms with Gasteiger partial charge in [0.15, 0.2) is 0 Å². The topological polar surface area (TPSA) is 124 Å². The molecule has 2 aromatic rings. The van der Waals surface area contributed by atoms with Crippen LogP contribution in [0.1, 0.15) is 36.3 Å². The second-order valence-corrected chi connectivity index (χ2v) is 11.7. The largest absolute Gasteiger partial charge is 0.449 e. The van der Waals surface area contributed by atoms with Crippen LogP contribution in [0.3, 0.4) is 0 Å². The Bertz CT molecular complexity index is 1100. The van der Waals surface area contributed by atoms with Gasteiger partial charge < -0.3 is 53.3 Å². The van der Waals surface area contributed by atoms with E-state index in [9.17, 15) is 4.79 Å². The molecule has 274 valence electrons. The fourth-order valence-electron chi connectivity index (χ4n) is 5.67. The number of hydrogen-bond donors (Lipinski definition) is 2. The first-order valence-electron chi connectivity index (χ1n) is 17.8. The predicted molar refractivity (Wildman–Crippen MR) is 185 cm³/mol. The molecule has 1 aliphatic heterocycles. The van der Waals surface area contributed by atoms with Crippen molar-refractivity contribution in [3.8, 4) is 11.1 Å². The third-order valence-electron chi connectivity index (χ3n) is 8.18.